The number of aromatic nitrogens is 4. The van der Waals surface area contributed by atoms with Gasteiger partial charge < -0.3 is 15.5 Å². The van der Waals surface area contributed by atoms with Crippen molar-refractivity contribution in [3.8, 4) is 0 Å². The Balaban J connectivity index is 1.50. The molecule has 7 heteroatoms. The van der Waals surface area contributed by atoms with Gasteiger partial charge in [-0.3, -0.25) is 0 Å². The number of nitrogens with zero attached hydrogens (tertiary/aromatic N) is 6. The summed E-state index contributed by atoms with van der Waals surface area (Å²) in [6.07, 6.45) is 3.82. The van der Waals surface area contributed by atoms with Crippen LogP contribution in [-0.2, 0) is 0 Å². The largest absolute Gasteiger partial charge is 0.367 e. The Bertz CT molecular complexity index is 775. The number of nitrogen functional groups attached to an aromatic ring is 1. The van der Waals surface area contributed by atoms with Gasteiger partial charge in [0, 0.05) is 32.4 Å². The van der Waals surface area contributed by atoms with Crippen LogP contribution in [0.4, 0.5) is 17.5 Å². The predicted molar refractivity (Wildman–Crippen MR) is 86.1 cm³/mol. The highest BCUT2D eigenvalue weighted by atomic mass is 15.3. The van der Waals surface area contributed by atoms with Crippen molar-refractivity contribution in [2.75, 3.05) is 41.7 Å². The Kier molecular flexibility index (Phi) is 3.03. The molecule has 7 nitrogen and oxygen atoms in total. The molecule has 0 spiro atoms. The zero-order valence-corrected chi connectivity index (χ0v) is 12.1. The van der Waals surface area contributed by atoms with E-state index in [4.69, 9.17) is 5.73 Å². The molecule has 0 saturated carbocycles. The lowest BCUT2D eigenvalue weighted by Crippen LogP contribution is -2.46. The van der Waals surface area contributed by atoms with E-state index in [9.17, 15) is 0 Å². The van der Waals surface area contributed by atoms with Gasteiger partial charge in [0.05, 0.1) is 11.9 Å². The molecule has 3 aromatic rings. The van der Waals surface area contributed by atoms with Gasteiger partial charge in [-0.15, -0.1) is 5.10 Å². The van der Waals surface area contributed by atoms with Crippen LogP contribution >= 0.6 is 0 Å². The summed E-state index contributed by atoms with van der Waals surface area (Å²) in [5, 5.41) is 4.17. The first-order valence-corrected chi connectivity index (χ1v) is 7.32. The van der Waals surface area contributed by atoms with Crippen LogP contribution in [0.2, 0.25) is 0 Å². The van der Waals surface area contributed by atoms with E-state index in [1.807, 2.05) is 30.6 Å². The maximum Gasteiger partial charge on any atom is 0.240 e. The van der Waals surface area contributed by atoms with Crippen molar-refractivity contribution in [2.24, 2.45) is 0 Å². The number of anilines is 3. The summed E-state index contributed by atoms with van der Waals surface area (Å²) in [7, 11) is 0. The fraction of sp³-hybridized carbons (Fsp3) is 0.267. The summed E-state index contributed by atoms with van der Waals surface area (Å²) in [5.41, 5.74) is 7.54. The van der Waals surface area contributed by atoms with Crippen LogP contribution in [0, 0.1) is 0 Å². The molecule has 4 rings (SSSR count). The van der Waals surface area contributed by atoms with Crippen molar-refractivity contribution in [2.45, 2.75) is 0 Å². The van der Waals surface area contributed by atoms with Crippen molar-refractivity contribution in [3.63, 3.8) is 0 Å². The van der Waals surface area contributed by atoms with Crippen LogP contribution in [0.5, 0.6) is 0 Å². The van der Waals surface area contributed by atoms with Gasteiger partial charge in [-0.2, -0.15) is 4.98 Å². The molecule has 3 aromatic heterocycles. The molecular formula is C15H17N7. The molecular weight excluding hydrogens is 278 g/mol. The standard InChI is InChI=1S/C15H17N7/c16-15-18-14-5-4-12(11-22(14)19-15)20-7-9-21(10-8-20)13-3-1-2-6-17-13/h1-6,11H,7-10H2,(H2,16,19). The highest BCUT2D eigenvalue weighted by Crippen LogP contribution is 2.19. The third-order valence-electron chi connectivity index (χ3n) is 3.95. The van der Waals surface area contributed by atoms with Gasteiger partial charge in [0.2, 0.25) is 5.95 Å². The highest BCUT2D eigenvalue weighted by Gasteiger charge is 2.18. The second-order valence-electron chi connectivity index (χ2n) is 5.32. The molecule has 0 amide bonds. The van der Waals surface area contributed by atoms with Gasteiger partial charge in [-0.25, -0.2) is 9.50 Å². The van der Waals surface area contributed by atoms with Gasteiger partial charge in [-0.05, 0) is 24.3 Å². The van der Waals surface area contributed by atoms with Gasteiger partial charge >= 0.3 is 0 Å². The maximum absolute atomic E-state index is 5.63. The van der Waals surface area contributed by atoms with Crippen molar-refractivity contribution in [1.29, 1.82) is 0 Å². The van der Waals surface area contributed by atoms with E-state index in [1.165, 1.54) is 0 Å². The average Bonchev–Trinajstić information content (AvgIpc) is 2.95. The molecule has 4 heterocycles. The molecule has 1 saturated heterocycles. The lowest BCUT2D eigenvalue weighted by Gasteiger charge is -2.36. The van der Waals surface area contributed by atoms with E-state index >= 15 is 0 Å². The number of fused-ring (bicyclic) bond motifs is 1. The van der Waals surface area contributed by atoms with Crippen molar-refractivity contribution >= 4 is 23.1 Å². The second-order valence-corrected chi connectivity index (χ2v) is 5.32. The van der Waals surface area contributed by atoms with Gasteiger partial charge in [0.15, 0.2) is 5.65 Å². The number of nitrogens with two attached hydrogens (primary N) is 1. The Morgan fingerprint density at radius 2 is 1.77 bits per heavy atom. The first kappa shape index (κ1) is 12.9. The number of rotatable bonds is 2. The maximum atomic E-state index is 5.63. The smallest absolute Gasteiger partial charge is 0.240 e. The van der Waals surface area contributed by atoms with Crippen LogP contribution < -0.4 is 15.5 Å². The molecule has 0 aromatic carbocycles. The summed E-state index contributed by atoms with van der Waals surface area (Å²) >= 11 is 0. The Morgan fingerprint density at radius 3 is 2.55 bits per heavy atom. The minimum atomic E-state index is 0.303. The third-order valence-corrected chi connectivity index (χ3v) is 3.95. The molecule has 0 radical (unpaired) electrons. The lowest BCUT2D eigenvalue weighted by atomic mass is 10.2. The first-order chi connectivity index (χ1) is 10.8. The van der Waals surface area contributed by atoms with E-state index in [2.05, 4.69) is 37.0 Å². The monoisotopic (exact) mass is 295 g/mol. The SMILES string of the molecule is Nc1nc2ccc(N3CCN(c4ccccn4)CC3)cn2n1. The van der Waals surface area contributed by atoms with E-state index in [-0.39, 0.29) is 0 Å². The van der Waals surface area contributed by atoms with Crippen LogP contribution in [0.15, 0.2) is 42.7 Å². The predicted octanol–water partition coefficient (Wildman–Crippen LogP) is 1.03. The molecule has 2 N–H and O–H groups in total. The summed E-state index contributed by atoms with van der Waals surface area (Å²) in [6, 6.07) is 10.0. The molecule has 1 aliphatic rings. The van der Waals surface area contributed by atoms with Gasteiger partial charge in [0.1, 0.15) is 5.82 Å². The molecule has 1 fully saturated rings. The molecule has 0 aliphatic carbocycles. The molecule has 22 heavy (non-hydrogen) atoms. The van der Waals surface area contributed by atoms with E-state index in [0.717, 1.165) is 43.3 Å². The minimum absolute atomic E-state index is 0.303. The minimum Gasteiger partial charge on any atom is -0.367 e. The number of piperazine rings is 1. The second kappa shape index (κ2) is 5.18. The average molecular weight is 295 g/mol. The third kappa shape index (κ3) is 2.30. The molecule has 112 valence electrons. The zero-order chi connectivity index (χ0) is 14.9. The first-order valence-electron chi connectivity index (χ1n) is 7.32. The van der Waals surface area contributed by atoms with Crippen molar-refractivity contribution in [1.82, 2.24) is 19.6 Å². The van der Waals surface area contributed by atoms with E-state index in [1.54, 1.807) is 4.52 Å². The quantitative estimate of drug-likeness (QED) is 0.761. The fourth-order valence-electron chi connectivity index (χ4n) is 2.81. The van der Waals surface area contributed by atoms with Crippen LogP contribution in [0.3, 0.4) is 0 Å². The molecule has 0 bridgehead atoms. The Hall–Kier alpha value is -2.83. The highest BCUT2D eigenvalue weighted by molar-refractivity contribution is 5.54. The zero-order valence-electron chi connectivity index (χ0n) is 12.1. The molecule has 0 atom stereocenters. The molecule has 1 aliphatic heterocycles. The van der Waals surface area contributed by atoms with E-state index < -0.39 is 0 Å². The van der Waals surface area contributed by atoms with Crippen LogP contribution in [0.1, 0.15) is 0 Å². The lowest BCUT2D eigenvalue weighted by molar-refractivity contribution is 0.646. The summed E-state index contributed by atoms with van der Waals surface area (Å²) < 4.78 is 1.73. The molecule has 0 unspecified atom stereocenters. The number of hydrogen-bond donors (Lipinski definition) is 1. The normalized spacial score (nSPS) is 15.5. The van der Waals surface area contributed by atoms with Crippen molar-refractivity contribution in [3.05, 3.63) is 42.7 Å². The van der Waals surface area contributed by atoms with Crippen LogP contribution in [0.25, 0.3) is 5.65 Å². The summed E-state index contributed by atoms with van der Waals surface area (Å²) in [5.74, 6) is 1.35. The summed E-state index contributed by atoms with van der Waals surface area (Å²) in [4.78, 5) is 13.2. The summed E-state index contributed by atoms with van der Waals surface area (Å²) in [6.45, 7) is 3.81. The number of hydrogen-bond acceptors (Lipinski definition) is 6. The van der Waals surface area contributed by atoms with E-state index in [0.29, 0.717) is 5.95 Å². The Labute approximate surface area is 128 Å². The van der Waals surface area contributed by atoms with Gasteiger partial charge in [-0.1, -0.05) is 6.07 Å². The Morgan fingerprint density at radius 1 is 0.955 bits per heavy atom. The van der Waals surface area contributed by atoms with Gasteiger partial charge in [0.25, 0.3) is 0 Å². The fourth-order valence-corrected chi connectivity index (χ4v) is 2.81. The topological polar surface area (TPSA) is 75.6 Å². The van der Waals surface area contributed by atoms with Crippen LogP contribution in [-0.4, -0.2) is 45.8 Å². The number of pyridine rings is 2. The van der Waals surface area contributed by atoms with Crippen molar-refractivity contribution < 1.29 is 0 Å².